The lowest BCUT2D eigenvalue weighted by Gasteiger charge is -2.07. The van der Waals surface area contributed by atoms with Crippen LogP contribution in [0.1, 0.15) is 42.3 Å². The number of nitrogens with zero attached hydrogens (tertiary/aromatic N) is 1. The molecule has 16 heavy (non-hydrogen) atoms. The van der Waals surface area contributed by atoms with Gasteiger partial charge in [-0.2, -0.15) is 0 Å². The number of rotatable bonds is 4. The molecule has 3 rings (SSSR count). The highest BCUT2D eigenvalue weighted by Crippen LogP contribution is 2.40. The van der Waals surface area contributed by atoms with Crippen LogP contribution in [0.15, 0.2) is 5.38 Å². The molecule has 0 radical (unpaired) electrons. The van der Waals surface area contributed by atoms with E-state index < -0.39 is 5.54 Å². The van der Waals surface area contributed by atoms with Crippen LogP contribution in [0.25, 0.3) is 0 Å². The molecule has 2 aliphatic rings. The van der Waals surface area contributed by atoms with Crippen molar-refractivity contribution in [1.29, 1.82) is 0 Å². The molecular weight excluding hydrogens is 222 g/mol. The smallest absolute Gasteiger partial charge is 0.240 e. The minimum Gasteiger partial charge on any atom is -0.348 e. The number of amides is 1. The molecule has 0 bridgehead atoms. The van der Waals surface area contributed by atoms with Gasteiger partial charge >= 0.3 is 0 Å². The Hall–Kier alpha value is -0.940. The van der Waals surface area contributed by atoms with E-state index in [2.05, 4.69) is 15.7 Å². The second-order valence-corrected chi connectivity index (χ2v) is 5.72. The first-order chi connectivity index (χ1) is 7.67. The fourth-order valence-electron chi connectivity index (χ4n) is 1.67. The molecule has 1 aromatic rings. The SMILES string of the molecule is NC1(C(=O)NCc2nc(C3CC3)cs2)CC1. The van der Waals surface area contributed by atoms with Gasteiger partial charge in [0.2, 0.25) is 5.91 Å². The molecule has 1 amide bonds. The first-order valence-corrected chi connectivity index (χ1v) is 6.57. The Morgan fingerprint density at radius 3 is 3.00 bits per heavy atom. The zero-order valence-electron chi connectivity index (χ0n) is 9.03. The molecule has 1 aromatic heterocycles. The summed E-state index contributed by atoms with van der Waals surface area (Å²) in [6, 6.07) is 0. The number of nitrogens with one attached hydrogen (secondary N) is 1. The minimum absolute atomic E-state index is 0.0318. The number of thiazole rings is 1. The fraction of sp³-hybridized carbons (Fsp3) is 0.636. The molecule has 0 aliphatic heterocycles. The lowest BCUT2D eigenvalue weighted by Crippen LogP contribution is -2.42. The number of carbonyl (C=O) groups excluding carboxylic acids is 1. The monoisotopic (exact) mass is 237 g/mol. The Balaban J connectivity index is 1.55. The molecule has 2 aliphatic carbocycles. The first-order valence-electron chi connectivity index (χ1n) is 5.69. The van der Waals surface area contributed by atoms with Crippen molar-refractivity contribution >= 4 is 17.2 Å². The maximum atomic E-state index is 11.6. The van der Waals surface area contributed by atoms with Crippen LogP contribution in [0, 0.1) is 0 Å². The van der Waals surface area contributed by atoms with E-state index >= 15 is 0 Å². The van der Waals surface area contributed by atoms with Crippen molar-refractivity contribution in [1.82, 2.24) is 10.3 Å². The zero-order chi connectivity index (χ0) is 11.2. The second-order valence-electron chi connectivity index (χ2n) is 4.78. The van der Waals surface area contributed by atoms with Gasteiger partial charge in [-0.15, -0.1) is 11.3 Å². The van der Waals surface area contributed by atoms with Gasteiger partial charge in [0, 0.05) is 11.3 Å². The average Bonchev–Trinajstić information content (AvgIpc) is 3.19. The Bertz CT molecular complexity index is 421. The van der Waals surface area contributed by atoms with E-state index in [0.29, 0.717) is 12.5 Å². The average molecular weight is 237 g/mol. The van der Waals surface area contributed by atoms with Gasteiger partial charge < -0.3 is 11.1 Å². The largest absolute Gasteiger partial charge is 0.348 e. The first kappa shape index (κ1) is 10.2. The van der Waals surface area contributed by atoms with Gasteiger partial charge in [0.15, 0.2) is 0 Å². The molecule has 4 nitrogen and oxygen atoms in total. The van der Waals surface area contributed by atoms with Crippen LogP contribution < -0.4 is 11.1 Å². The second kappa shape index (κ2) is 3.53. The summed E-state index contributed by atoms with van der Waals surface area (Å²) in [5.41, 5.74) is 6.41. The predicted molar refractivity (Wildman–Crippen MR) is 62.1 cm³/mol. The molecule has 5 heteroatoms. The van der Waals surface area contributed by atoms with Crippen LogP contribution in [0.4, 0.5) is 0 Å². The van der Waals surface area contributed by atoms with Crippen molar-refractivity contribution in [2.24, 2.45) is 5.73 Å². The maximum absolute atomic E-state index is 11.6. The van der Waals surface area contributed by atoms with E-state index in [4.69, 9.17) is 5.73 Å². The molecule has 1 heterocycles. The Labute approximate surface area is 98.3 Å². The molecule has 0 atom stereocenters. The van der Waals surface area contributed by atoms with E-state index in [1.165, 1.54) is 18.5 Å². The lowest BCUT2D eigenvalue weighted by atomic mass is 10.3. The van der Waals surface area contributed by atoms with Gasteiger partial charge in [-0.3, -0.25) is 4.79 Å². The van der Waals surface area contributed by atoms with Gasteiger partial charge in [0.25, 0.3) is 0 Å². The standard InChI is InChI=1S/C11H15N3OS/c12-11(3-4-11)10(15)13-5-9-14-8(6-16-9)7-1-2-7/h6-7H,1-5,12H2,(H,13,15). The number of hydrogen-bond acceptors (Lipinski definition) is 4. The quantitative estimate of drug-likeness (QED) is 0.824. The molecule has 0 saturated heterocycles. The summed E-state index contributed by atoms with van der Waals surface area (Å²) < 4.78 is 0. The molecule has 0 aromatic carbocycles. The summed E-state index contributed by atoms with van der Waals surface area (Å²) in [6.07, 6.45) is 4.15. The van der Waals surface area contributed by atoms with Crippen molar-refractivity contribution in [2.75, 3.05) is 0 Å². The number of nitrogens with two attached hydrogens (primary N) is 1. The summed E-state index contributed by atoms with van der Waals surface area (Å²) in [5, 5.41) is 5.95. The van der Waals surface area contributed by atoms with Gasteiger partial charge in [-0.1, -0.05) is 0 Å². The lowest BCUT2D eigenvalue weighted by molar-refractivity contribution is -0.123. The number of aromatic nitrogens is 1. The maximum Gasteiger partial charge on any atom is 0.240 e. The van der Waals surface area contributed by atoms with Gasteiger partial charge in [-0.05, 0) is 25.7 Å². The Morgan fingerprint density at radius 2 is 2.38 bits per heavy atom. The minimum atomic E-state index is -0.573. The van der Waals surface area contributed by atoms with Gasteiger partial charge in [0.1, 0.15) is 5.01 Å². The van der Waals surface area contributed by atoms with Crippen LogP contribution in [0.5, 0.6) is 0 Å². The summed E-state index contributed by atoms with van der Waals surface area (Å²) in [6.45, 7) is 0.523. The number of carbonyl (C=O) groups is 1. The molecule has 0 spiro atoms. The van der Waals surface area contributed by atoms with Crippen molar-refractivity contribution in [3.63, 3.8) is 0 Å². The van der Waals surface area contributed by atoms with E-state index in [9.17, 15) is 4.79 Å². The Kier molecular flexibility index (Phi) is 2.26. The molecule has 86 valence electrons. The summed E-state index contributed by atoms with van der Waals surface area (Å²) in [5.74, 6) is 0.653. The molecular formula is C11H15N3OS. The molecule has 2 fully saturated rings. The van der Waals surface area contributed by atoms with Crippen LogP contribution in [-0.2, 0) is 11.3 Å². The molecule has 0 unspecified atom stereocenters. The van der Waals surface area contributed by atoms with Crippen molar-refractivity contribution in [3.8, 4) is 0 Å². The zero-order valence-corrected chi connectivity index (χ0v) is 9.85. The highest BCUT2D eigenvalue weighted by molar-refractivity contribution is 7.09. The molecule has 3 N–H and O–H groups in total. The van der Waals surface area contributed by atoms with Crippen LogP contribution in [-0.4, -0.2) is 16.4 Å². The van der Waals surface area contributed by atoms with E-state index in [1.54, 1.807) is 11.3 Å². The van der Waals surface area contributed by atoms with E-state index in [1.807, 2.05) is 0 Å². The van der Waals surface area contributed by atoms with Crippen LogP contribution in [0.2, 0.25) is 0 Å². The summed E-state index contributed by atoms with van der Waals surface area (Å²) in [7, 11) is 0. The van der Waals surface area contributed by atoms with Crippen LogP contribution in [0.3, 0.4) is 0 Å². The highest BCUT2D eigenvalue weighted by Gasteiger charge is 2.45. The van der Waals surface area contributed by atoms with Gasteiger partial charge in [-0.25, -0.2) is 4.98 Å². The highest BCUT2D eigenvalue weighted by atomic mass is 32.1. The van der Waals surface area contributed by atoms with Crippen molar-refractivity contribution in [2.45, 2.75) is 43.7 Å². The van der Waals surface area contributed by atoms with Crippen molar-refractivity contribution < 1.29 is 4.79 Å². The third kappa shape index (κ3) is 1.97. The van der Waals surface area contributed by atoms with E-state index in [0.717, 1.165) is 17.8 Å². The Morgan fingerprint density at radius 1 is 1.62 bits per heavy atom. The number of hydrogen-bond donors (Lipinski definition) is 2. The van der Waals surface area contributed by atoms with Gasteiger partial charge in [0.05, 0.1) is 17.8 Å². The summed E-state index contributed by atoms with van der Waals surface area (Å²) in [4.78, 5) is 16.1. The third-order valence-corrected chi connectivity index (χ3v) is 4.07. The normalized spacial score (nSPS) is 21.8. The van der Waals surface area contributed by atoms with Crippen LogP contribution >= 0.6 is 11.3 Å². The topological polar surface area (TPSA) is 68.0 Å². The van der Waals surface area contributed by atoms with E-state index in [-0.39, 0.29) is 5.91 Å². The van der Waals surface area contributed by atoms with Crippen molar-refractivity contribution in [3.05, 3.63) is 16.1 Å². The fourth-order valence-corrected chi connectivity index (χ4v) is 2.48. The predicted octanol–water partition coefficient (Wildman–Crippen LogP) is 1.13. The third-order valence-electron chi connectivity index (χ3n) is 3.21. The summed E-state index contributed by atoms with van der Waals surface area (Å²) >= 11 is 1.62. The molecule has 2 saturated carbocycles.